The molecular formula is C14H22O3. The molecule has 1 aliphatic heterocycles. The minimum absolute atomic E-state index is 0.0990. The smallest absolute Gasteiger partial charge is 0.159 e. The van der Waals surface area contributed by atoms with E-state index in [0.29, 0.717) is 25.4 Å². The van der Waals surface area contributed by atoms with Gasteiger partial charge in [-0.2, -0.15) is 0 Å². The van der Waals surface area contributed by atoms with E-state index in [4.69, 9.17) is 9.47 Å². The Labute approximate surface area is 103 Å². The number of Topliss-reactive ketones (excluding diaryl/α,β-unsaturated/α-hetero) is 1. The van der Waals surface area contributed by atoms with Crippen molar-refractivity contribution in [3.63, 3.8) is 0 Å². The molecule has 0 bridgehead atoms. The third-order valence-corrected chi connectivity index (χ3v) is 3.56. The van der Waals surface area contributed by atoms with Crippen LogP contribution in [-0.4, -0.2) is 25.3 Å². The van der Waals surface area contributed by atoms with E-state index in [1.807, 2.05) is 0 Å². The standard InChI is InChI=1S/C14H22O3/c1-10-8-14(2,3)9-12(15)11(10)4-5-13-16-6-7-17-13/h13H,4-9H2,1-3H3. The molecule has 0 saturated carbocycles. The van der Waals surface area contributed by atoms with Gasteiger partial charge in [-0.15, -0.1) is 0 Å². The molecule has 0 radical (unpaired) electrons. The van der Waals surface area contributed by atoms with Gasteiger partial charge in [0.25, 0.3) is 0 Å². The SMILES string of the molecule is CC1=C(CCC2OCCO2)C(=O)CC(C)(C)C1. The van der Waals surface area contributed by atoms with Crippen LogP contribution in [0.2, 0.25) is 0 Å². The van der Waals surface area contributed by atoms with Crippen molar-refractivity contribution in [3.05, 3.63) is 11.1 Å². The Morgan fingerprint density at radius 3 is 2.47 bits per heavy atom. The Balaban J connectivity index is 1.96. The average molecular weight is 238 g/mol. The monoisotopic (exact) mass is 238 g/mol. The molecule has 1 heterocycles. The molecule has 0 aromatic heterocycles. The largest absolute Gasteiger partial charge is 0.350 e. The highest BCUT2D eigenvalue weighted by atomic mass is 16.7. The molecule has 0 aromatic rings. The Kier molecular flexibility index (Phi) is 3.69. The minimum atomic E-state index is -0.0990. The van der Waals surface area contributed by atoms with Crippen LogP contribution < -0.4 is 0 Å². The molecule has 1 fully saturated rings. The molecule has 17 heavy (non-hydrogen) atoms. The number of rotatable bonds is 3. The van der Waals surface area contributed by atoms with Gasteiger partial charge in [0.15, 0.2) is 12.1 Å². The third kappa shape index (κ3) is 3.17. The molecule has 96 valence electrons. The summed E-state index contributed by atoms with van der Waals surface area (Å²) in [7, 11) is 0. The van der Waals surface area contributed by atoms with Crippen LogP contribution in [0.4, 0.5) is 0 Å². The van der Waals surface area contributed by atoms with Crippen LogP contribution in [0.1, 0.15) is 46.5 Å². The summed E-state index contributed by atoms with van der Waals surface area (Å²) in [5.41, 5.74) is 2.40. The van der Waals surface area contributed by atoms with Crippen LogP contribution in [0.5, 0.6) is 0 Å². The first-order chi connectivity index (χ1) is 7.98. The second-order valence-electron chi connectivity index (χ2n) is 5.91. The number of ketones is 1. The summed E-state index contributed by atoms with van der Waals surface area (Å²) in [6.45, 7) is 7.78. The fraction of sp³-hybridized carbons (Fsp3) is 0.786. The van der Waals surface area contributed by atoms with Gasteiger partial charge in [-0.3, -0.25) is 4.79 Å². The van der Waals surface area contributed by atoms with Gasteiger partial charge in [0.1, 0.15) is 0 Å². The quantitative estimate of drug-likeness (QED) is 0.758. The lowest BCUT2D eigenvalue weighted by Crippen LogP contribution is -2.25. The number of hydrogen-bond donors (Lipinski definition) is 0. The lowest BCUT2D eigenvalue weighted by molar-refractivity contribution is -0.118. The number of carbonyl (C=O) groups excluding carboxylic acids is 1. The van der Waals surface area contributed by atoms with Crippen LogP contribution in [0, 0.1) is 5.41 Å². The second kappa shape index (κ2) is 4.91. The van der Waals surface area contributed by atoms with Crippen LogP contribution in [0.15, 0.2) is 11.1 Å². The number of carbonyl (C=O) groups is 1. The van der Waals surface area contributed by atoms with Gasteiger partial charge in [-0.25, -0.2) is 0 Å². The molecule has 2 rings (SSSR count). The van der Waals surface area contributed by atoms with Crippen molar-refractivity contribution in [2.75, 3.05) is 13.2 Å². The van der Waals surface area contributed by atoms with Gasteiger partial charge >= 0.3 is 0 Å². The lowest BCUT2D eigenvalue weighted by atomic mass is 9.73. The lowest BCUT2D eigenvalue weighted by Gasteiger charge is -2.31. The number of hydrogen-bond acceptors (Lipinski definition) is 3. The van der Waals surface area contributed by atoms with Gasteiger partial charge in [0, 0.05) is 12.8 Å². The fourth-order valence-electron chi connectivity index (χ4n) is 2.86. The van der Waals surface area contributed by atoms with E-state index in [1.165, 1.54) is 5.57 Å². The molecule has 0 atom stereocenters. The predicted octanol–water partition coefficient (Wildman–Crippen LogP) is 2.85. The second-order valence-corrected chi connectivity index (χ2v) is 5.91. The van der Waals surface area contributed by atoms with Crippen molar-refractivity contribution in [3.8, 4) is 0 Å². The highest BCUT2D eigenvalue weighted by Crippen LogP contribution is 2.38. The topological polar surface area (TPSA) is 35.5 Å². The first-order valence-corrected chi connectivity index (χ1v) is 6.43. The Bertz CT molecular complexity index is 335. The molecule has 0 aromatic carbocycles. The number of allylic oxidation sites excluding steroid dienone is 2. The van der Waals surface area contributed by atoms with E-state index in [2.05, 4.69) is 20.8 Å². The van der Waals surface area contributed by atoms with E-state index in [-0.39, 0.29) is 11.7 Å². The van der Waals surface area contributed by atoms with Gasteiger partial charge in [-0.05, 0) is 30.8 Å². The van der Waals surface area contributed by atoms with E-state index in [9.17, 15) is 4.79 Å². The summed E-state index contributed by atoms with van der Waals surface area (Å²) >= 11 is 0. The van der Waals surface area contributed by atoms with Gasteiger partial charge in [0.05, 0.1) is 13.2 Å². The van der Waals surface area contributed by atoms with Crippen LogP contribution in [-0.2, 0) is 14.3 Å². The molecule has 1 saturated heterocycles. The maximum atomic E-state index is 12.1. The highest BCUT2D eigenvalue weighted by Gasteiger charge is 2.31. The maximum absolute atomic E-state index is 12.1. The van der Waals surface area contributed by atoms with Crippen molar-refractivity contribution < 1.29 is 14.3 Å². The summed E-state index contributed by atoms with van der Waals surface area (Å²) in [5.74, 6) is 0.316. The Morgan fingerprint density at radius 1 is 1.24 bits per heavy atom. The summed E-state index contributed by atoms with van der Waals surface area (Å²) in [5, 5.41) is 0. The van der Waals surface area contributed by atoms with Crippen molar-refractivity contribution in [2.24, 2.45) is 5.41 Å². The van der Waals surface area contributed by atoms with Crippen molar-refractivity contribution >= 4 is 5.78 Å². The van der Waals surface area contributed by atoms with Crippen molar-refractivity contribution in [2.45, 2.75) is 52.7 Å². The Morgan fingerprint density at radius 2 is 1.88 bits per heavy atom. The third-order valence-electron chi connectivity index (χ3n) is 3.56. The first kappa shape index (κ1) is 12.8. The number of ether oxygens (including phenoxy) is 2. The zero-order chi connectivity index (χ0) is 12.5. The van der Waals surface area contributed by atoms with Crippen LogP contribution in [0.3, 0.4) is 0 Å². The van der Waals surface area contributed by atoms with Gasteiger partial charge in [-0.1, -0.05) is 19.4 Å². The zero-order valence-electron chi connectivity index (χ0n) is 11.0. The molecule has 1 aliphatic carbocycles. The molecule has 2 aliphatic rings. The summed E-state index contributed by atoms with van der Waals surface area (Å²) in [6.07, 6.45) is 3.20. The zero-order valence-corrected chi connectivity index (χ0v) is 11.0. The molecule has 0 spiro atoms. The first-order valence-electron chi connectivity index (χ1n) is 6.43. The molecule has 0 unspecified atom stereocenters. The van der Waals surface area contributed by atoms with Crippen LogP contribution >= 0.6 is 0 Å². The van der Waals surface area contributed by atoms with E-state index < -0.39 is 0 Å². The molecule has 0 amide bonds. The Hall–Kier alpha value is -0.670. The van der Waals surface area contributed by atoms with Crippen molar-refractivity contribution in [1.82, 2.24) is 0 Å². The fourth-order valence-corrected chi connectivity index (χ4v) is 2.86. The van der Waals surface area contributed by atoms with Gasteiger partial charge in [0.2, 0.25) is 0 Å². The molecule has 3 heteroatoms. The van der Waals surface area contributed by atoms with Crippen molar-refractivity contribution in [1.29, 1.82) is 0 Å². The molecule has 0 N–H and O–H groups in total. The minimum Gasteiger partial charge on any atom is -0.350 e. The summed E-state index contributed by atoms with van der Waals surface area (Å²) in [6, 6.07) is 0. The van der Waals surface area contributed by atoms with Crippen LogP contribution in [0.25, 0.3) is 0 Å². The molecular weight excluding hydrogens is 216 g/mol. The normalized spacial score (nSPS) is 25.7. The van der Waals surface area contributed by atoms with E-state index >= 15 is 0 Å². The average Bonchev–Trinajstić information content (AvgIpc) is 2.67. The van der Waals surface area contributed by atoms with E-state index in [1.54, 1.807) is 0 Å². The maximum Gasteiger partial charge on any atom is 0.159 e. The summed E-state index contributed by atoms with van der Waals surface area (Å²) < 4.78 is 10.8. The van der Waals surface area contributed by atoms with E-state index in [0.717, 1.165) is 24.8 Å². The molecule has 3 nitrogen and oxygen atoms in total. The predicted molar refractivity (Wildman–Crippen MR) is 65.6 cm³/mol. The van der Waals surface area contributed by atoms with Gasteiger partial charge < -0.3 is 9.47 Å². The highest BCUT2D eigenvalue weighted by molar-refractivity contribution is 5.97. The summed E-state index contributed by atoms with van der Waals surface area (Å²) in [4.78, 5) is 12.1.